The molecular weight excluding hydrogens is 305 g/mol. The van der Waals surface area contributed by atoms with Gasteiger partial charge in [-0.3, -0.25) is 0 Å². The highest BCUT2D eigenvalue weighted by Crippen LogP contribution is 2.42. The quantitative estimate of drug-likeness (QED) is 0.923. The number of fused-ring (bicyclic) bond motifs is 1. The summed E-state index contributed by atoms with van der Waals surface area (Å²) in [6.07, 6.45) is 4.69. The molecule has 1 aliphatic heterocycles. The van der Waals surface area contributed by atoms with Crippen LogP contribution in [0.3, 0.4) is 0 Å². The van der Waals surface area contributed by atoms with E-state index in [2.05, 4.69) is 15.4 Å². The van der Waals surface area contributed by atoms with E-state index in [0.717, 1.165) is 31.1 Å². The summed E-state index contributed by atoms with van der Waals surface area (Å²) in [7, 11) is 0. The van der Waals surface area contributed by atoms with Crippen LogP contribution in [0.2, 0.25) is 0 Å². The number of hydrogen-bond acceptors (Lipinski definition) is 3. The summed E-state index contributed by atoms with van der Waals surface area (Å²) in [5.41, 5.74) is 0.841. The molecule has 7 heteroatoms. The van der Waals surface area contributed by atoms with E-state index < -0.39 is 11.9 Å². The Labute approximate surface area is 132 Å². The van der Waals surface area contributed by atoms with Crippen LogP contribution in [0.15, 0.2) is 18.5 Å². The summed E-state index contributed by atoms with van der Waals surface area (Å²) in [6.45, 7) is 2.28. The van der Waals surface area contributed by atoms with Crippen LogP contribution in [0.5, 0.6) is 0 Å². The first-order chi connectivity index (χ1) is 10.9. The highest BCUT2D eigenvalue weighted by molar-refractivity contribution is 5.40. The van der Waals surface area contributed by atoms with Crippen LogP contribution in [-0.2, 0) is 12.6 Å². The Morgan fingerprint density at radius 2 is 2.00 bits per heavy atom. The number of halogens is 3. The predicted octanol–water partition coefficient (Wildman–Crippen LogP) is 3.07. The first-order valence-electron chi connectivity index (χ1n) is 8.06. The minimum atomic E-state index is -4.43. The number of nitrogens with one attached hydrogen (secondary N) is 1. The fourth-order valence-corrected chi connectivity index (χ4v) is 3.82. The molecule has 0 bridgehead atoms. The Balaban J connectivity index is 1.47. The molecule has 1 aliphatic carbocycles. The fourth-order valence-electron chi connectivity index (χ4n) is 3.82. The molecule has 0 unspecified atom stereocenters. The van der Waals surface area contributed by atoms with Crippen molar-refractivity contribution in [2.45, 2.75) is 38.3 Å². The summed E-state index contributed by atoms with van der Waals surface area (Å²) < 4.78 is 39.4. The van der Waals surface area contributed by atoms with Gasteiger partial charge in [0.05, 0.1) is 0 Å². The largest absolute Gasteiger partial charge is 0.435 e. The third-order valence-corrected chi connectivity index (χ3v) is 5.35. The molecule has 1 spiro atoms. The Bertz CT molecular complexity index is 708. The molecule has 4 rings (SSSR count). The SMILES string of the molecule is FC(F)(F)c1cc2ncc(CC3CCC4(CC3)CNC4)cn2n1. The van der Waals surface area contributed by atoms with Crippen molar-refractivity contribution < 1.29 is 13.2 Å². The molecule has 124 valence electrons. The molecule has 2 aromatic heterocycles. The summed E-state index contributed by atoms with van der Waals surface area (Å²) >= 11 is 0. The standard InChI is InChI=1S/C16H19F3N4/c17-16(18,19)13-6-14-21-7-12(8-23(14)22-13)5-11-1-3-15(4-2-11)9-20-10-15/h6-8,11,20H,1-5,9-10H2. The van der Waals surface area contributed by atoms with Gasteiger partial charge in [-0.1, -0.05) is 0 Å². The first-order valence-corrected chi connectivity index (χ1v) is 8.06. The Morgan fingerprint density at radius 3 is 2.61 bits per heavy atom. The number of hydrogen-bond donors (Lipinski definition) is 1. The van der Waals surface area contributed by atoms with E-state index >= 15 is 0 Å². The van der Waals surface area contributed by atoms with Crippen molar-refractivity contribution in [2.24, 2.45) is 11.3 Å². The van der Waals surface area contributed by atoms with E-state index in [1.165, 1.54) is 30.2 Å². The Hall–Kier alpha value is -1.63. The van der Waals surface area contributed by atoms with E-state index in [-0.39, 0.29) is 5.65 Å². The van der Waals surface area contributed by atoms with Gasteiger partial charge in [0.15, 0.2) is 11.3 Å². The average Bonchev–Trinajstić information content (AvgIpc) is 2.90. The van der Waals surface area contributed by atoms with Crippen LogP contribution >= 0.6 is 0 Å². The van der Waals surface area contributed by atoms with Gasteiger partial charge in [-0.15, -0.1) is 0 Å². The van der Waals surface area contributed by atoms with Crippen molar-refractivity contribution in [1.29, 1.82) is 0 Å². The number of aromatic nitrogens is 3. The van der Waals surface area contributed by atoms with Crippen molar-refractivity contribution >= 4 is 5.65 Å². The van der Waals surface area contributed by atoms with Gasteiger partial charge in [-0.05, 0) is 49.0 Å². The second-order valence-corrected chi connectivity index (χ2v) is 7.04. The van der Waals surface area contributed by atoms with Crippen LogP contribution in [0.25, 0.3) is 5.65 Å². The van der Waals surface area contributed by atoms with Crippen molar-refractivity contribution in [1.82, 2.24) is 19.9 Å². The van der Waals surface area contributed by atoms with E-state index in [9.17, 15) is 13.2 Å². The number of alkyl halides is 3. The predicted molar refractivity (Wildman–Crippen MR) is 79.0 cm³/mol. The van der Waals surface area contributed by atoms with E-state index in [1.54, 1.807) is 12.4 Å². The zero-order valence-corrected chi connectivity index (χ0v) is 12.7. The van der Waals surface area contributed by atoms with Crippen LogP contribution in [0.4, 0.5) is 13.2 Å². The number of nitrogens with zero attached hydrogens (tertiary/aromatic N) is 3. The second kappa shape index (κ2) is 5.19. The molecular formula is C16H19F3N4. The molecule has 4 nitrogen and oxygen atoms in total. The van der Waals surface area contributed by atoms with Gasteiger partial charge in [0.25, 0.3) is 0 Å². The maximum absolute atomic E-state index is 12.7. The molecule has 2 aliphatic rings. The van der Waals surface area contributed by atoms with Gasteiger partial charge < -0.3 is 5.32 Å². The summed E-state index contributed by atoms with van der Waals surface area (Å²) in [6, 6.07) is 0.984. The fraction of sp³-hybridized carbons (Fsp3) is 0.625. The van der Waals surface area contributed by atoms with Crippen molar-refractivity contribution in [3.8, 4) is 0 Å². The molecule has 1 N–H and O–H groups in total. The molecule has 0 amide bonds. The van der Waals surface area contributed by atoms with Gasteiger partial charge >= 0.3 is 6.18 Å². The molecule has 3 heterocycles. The maximum atomic E-state index is 12.7. The lowest BCUT2D eigenvalue weighted by Crippen LogP contribution is -2.54. The van der Waals surface area contributed by atoms with E-state index in [0.29, 0.717) is 11.3 Å². The first kappa shape index (κ1) is 14.9. The smallest absolute Gasteiger partial charge is 0.316 e. The normalized spacial score (nSPS) is 21.7. The van der Waals surface area contributed by atoms with Crippen LogP contribution in [0, 0.1) is 11.3 Å². The van der Waals surface area contributed by atoms with E-state index in [4.69, 9.17) is 0 Å². The molecule has 0 radical (unpaired) electrons. The maximum Gasteiger partial charge on any atom is 0.435 e. The zero-order chi connectivity index (χ0) is 16.1. The zero-order valence-electron chi connectivity index (χ0n) is 12.7. The molecule has 23 heavy (non-hydrogen) atoms. The summed E-state index contributed by atoms with van der Waals surface area (Å²) in [5.74, 6) is 0.595. The average molecular weight is 324 g/mol. The molecule has 0 atom stereocenters. The van der Waals surface area contributed by atoms with Gasteiger partial charge in [-0.2, -0.15) is 18.3 Å². The number of rotatable bonds is 2. The van der Waals surface area contributed by atoms with Crippen molar-refractivity contribution in [3.63, 3.8) is 0 Å². The summed E-state index contributed by atoms with van der Waals surface area (Å²) in [4.78, 5) is 4.13. The lowest BCUT2D eigenvalue weighted by atomic mass is 9.66. The monoisotopic (exact) mass is 324 g/mol. The highest BCUT2D eigenvalue weighted by atomic mass is 19.4. The molecule has 1 saturated carbocycles. The lowest BCUT2D eigenvalue weighted by molar-refractivity contribution is -0.141. The van der Waals surface area contributed by atoms with Crippen LogP contribution < -0.4 is 5.32 Å². The highest BCUT2D eigenvalue weighted by Gasteiger charge is 2.40. The van der Waals surface area contributed by atoms with Gasteiger partial charge in [-0.25, -0.2) is 9.50 Å². The Kier molecular flexibility index (Phi) is 3.37. The molecule has 1 saturated heterocycles. The van der Waals surface area contributed by atoms with Gasteiger partial charge in [0.1, 0.15) is 0 Å². The van der Waals surface area contributed by atoms with Crippen LogP contribution in [-0.4, -0.2) is 27.7 Å². The second-order valence-electron chi connectivity index (χ2n) is 7.04. The lowest BCUT2D eigenvalue weighted by Gasteiger charge is -2.47. The van der Waals surface area contributed by atoms with Gasteiger partial charge in [0.2, 0.25) is 0 Å². The minimum absolute atomic E-state index is 0.240. The molecule has 2 fully saturated rings. The third kappa shape index (κ3) is 2.82. The van der Waals surface area contributed by atoms with Crippen molar-refractivity contribution in [2.75, 3.05) is 13.1 Å². The van der Waals surface area contributed by atoms with E-state index in [1.807, 2.05) is 0 Å². The van der Waals surface area contributed by atoms with Crippen molar-refractivity contribution in [3.05, 3.63) is 29.7 Å². The summed E-state index contributed by atoms with van der Waals surface area (Å²) in [5, 5.41) is 6.96. The van der Waals surface area contributed by atoms with Crippen LogP contribution in [0.1, 0.15) is 36.9 Å². The Morgan fingerprint density at radius 1 is 1.26 bits per heavy atom. The minimum Gasteiger partial charge on any atom is -0.316 e. The molecule has 2 aromatic rings. The van der Waals surface area contributed by atoms with Gasteiger partial charge in [0, 0.05) is 31.5 Å². The third-order valence-electron chi connectivity index (χ3n) is 5.35. The topological polar surface area (TPSA) is 42.2 Å². The molecule has 0 aromatic carbocycles.